The van der Waals surface area contributed by atoms with E-state index in [9.17, 15) is 16.8 Å². The smallest absolute Gasteiger partial charge is 0.248 e. The molecule has 1 fully saturated rings. The van der Waals surface area contributed by atoms with Crippen LogP contribution in [0, 0.1) is 0 Å². The van der Waals surface area contributed by atoms with Gasteiger partial charge in [0.1, 0.15) is 4.90 Å². The second kappa shape index (κ2) is 6.70. The number of hydrogen-bond donors (Lipinski definition) is 0. The number of hydrogen-bond acceptors (Lipinski definition) is 4. The van der Waals surface area contributed by atoms with Crippen molar-refractivity contribution in [1.29, 1.82) is 0 Å². The molecule has 0 atom stereocenters. The average Bonchev–Trinajstić information content (AvgIpc) is 2.93. The fourth-order valence-electron chi connectivity index (χ4n) is 2.81. The first kappa shape index (κ1) is 17.2. The highest BCUT2D eigenvalue weighted by Crippen LogP contribution is 2.22. The molecule has 0 aliphatic carbocycles. The van der Waals surface area contributed by atoms with Gasteiger partial charge in [-0.15, -0.1) is 0 Å². The van der Waals surface area contributed by atoms with Crippen molar-refractivity contribution in [2.75, 3.05) is 13.1 Å². The maximum absolute atomic E-state index is 12.7. The van der Waals surface area contributed by atoms with E-state index in [-0.39, 0.29) is 9.79 Å². The Kier molecular flexibility index (Phi) is 4.80. The van der Waals surface area contributed by atoms with Crippen molar-refractivity contribution in [3.63, 3.8) is 0 Å². The normalized spacial score (nSPS) is 17.5. The molecule has 2 heterocycles. The minimum Gasteiger partial charge on any atom is -0.248 e. The van der Waals surface area contributed by atoms with E-state index in [4.69, 9.17) is 0 Å². The third kappa shape index (κ3) is 3.26. The van der Waals surface area contributed by atoms with Crippen LogP contribution in [0.3, 0.4) is 0 Å². The van der Waals surface area contributed by atoms with Crippen LogP contribution in [0.25, 0.3) is 0 Å². The van der Waals surface area contributed by atoms with Gasteiger partial charge in [-0.3, -0.25) is 0 Å². The molecular formula is C16H20N2O4S2. The van der Waals surface area contributed by atoms with Gasteiger partial charge >= 0.3 is 0 Å². The summed E-state index contributed by atoms with van der Waals surface area (Å²) in [6.45, 7) is 0.970. The second-order valence-corrected chi connectivity index (χ2v) is 9.59. The maximum atomic E-state index is 12.7. The average molecular weight is 368 g/mol. The van der Waals surface area contributed by atoms with E-state index >= 15 is 0 Å². The van der Waals surface area contributed by atoms with Crippen LogP contribution in [0.1, 0.15) is 25.7 Å². The van der Waals surface area contributed by atoms with Gasteiger partial charge in [-0.1, -0.05) is 31.0 Å². The summed E-state index contributed by atoms with van der Waals surface area (Å²) < 4.78 is 53.0. The van der Waals surface area contributed by atoms with Crippen LogP contribution in [0.15, 0.2) is 58.6 Å². The predicted molar refractivity (Wildman–Crippen MR) is 90.7 cm³/mol. The van der Waals surface area contributed by atoms with Crippen molar-refractivity contribution in [3.05, 3.63) is 48.8 Å². The Morgan fingerprint density at radius 1 is 0.708 bits per heavy atom. The fraction of sp³-hybridized carbons (Fsp3) is 0.375. The Bertz CT molecular complexity index is 895. The van der Waals surface area contributed by atoms with Gasteiger partial charge in [0.2, 0.25) is 10.0 Å². The molecule has 0 unspecified atom stereocenters. The summed E-state index contributed by atoms with van der Waals surface area (Å²) in [6, 6.07) is 9.30. The van der Waals surface area contributed by atoms with Crippen molar-refractivity contribution >= 4 is 20.0 Å². The Labute approximate surface area is 142 Å². The number of benzene rings is 1. The molecule has 24 heavy (non-hydrogen) atoms. The lowest BCUT2D eigenvalue weighted by molar-refractivity contribution is 0.424. The zero-order valence-corrected chi connectivity index (χ0v) is 14.8. The van der Waals surface area contributed by atoms with Crippen molar-refractivity contribution in [1.82, 2.24) is 8.28 Å². The predicted octanol–water partition coefficient (Wildman–Crippen LogP) is 2.29. The molecule has 1 aromatic carbocycles. The van der Waals surface area contributed by atoms with Crippen LogP contribution in [0.4, 0.5) is 0 Å². The van der Waals surface area contributed by atoms with Gasteiger partial charge in [0, 0.05) is 25.5 Å². The Balaban J connectivity index is 1.93. The van der Waals surface area contributed by atoms with Gasteiger partial charge in [0.25, 0.3) is 10.0 Å². The van der Waals surface area contributed by atoms with Gasteiger partial charge < -0.3 is 0 Å². The first-order valence-electron chi connectivity index (χ1n) is 7.91. The number of sulfonamides is 1. The Hall–Kier alpha value is -1.64. The summed E-state index contributed by atoms with van der Waals surface area (Å²) in [4.78, 5) is 0.142. The molecule has 2 aromatic rings. The summed E-state index contributed by atoms with van der Waals surface area (Å²) in [5.41, 5.74) is 0. The van der Waals surface area contributed by atoms with E-state index in [2.05, 4.69) is 0 Å². The fourth-order valence-corrected chi connectivity index (χ4v) is 5.61. The molecule has 0 radical (unpaired) electrons. The number of rotatable bonds is 4. The van der Waals surface area contributed by atoms with Crippen LogP contribution in [0.5, 0.6) is 0 Å². The summed E-state index contributed by atoms with van der Waals surface area (Å²) in [5.74, 6) is 0. The van der Waals surface area contributed by atoms with Gasteiger partial charge in [0.05, 0.1) is 4.90 Å². The van der Waals surface area contributed by atoms with E-state index in [1.807, 2.05) is 0 Å². The molecule has 0 amide bonds. The molecule has 0 saturated carbocycles. The van der Waals surface area contributed by atoms with E-state index in [1.54, 1.807) is 18.2 Å². The molecule has 1 aliphatic heterocycles. The zero-order chi connectivity index (χ0) is 17.2. The summed E-state index contributed by atoms with van der Waals surface area (Å²) >= 11 is 0. The molecule has 1 aromatic heterocycles. The topological polar surface area (TPSA) is 76.5 Å². The van der Waals surface area contributed by atoms with Gasteiger partial charge in [-0.2, -0.15) is 4.31 Å². The molecule has 0 spiro atoms. The van der Waals surface area contributed by atoms with Crippen molar-refractivity contribution < 1.29 is 16.8 Å². The lowest BCUT2D eigenvalue weighted by atomic mass is 10.2. The van der Waals surface area contributed by atoms with Crippen LogP contribution in [-0.4, -0.2) is 38.2 Å². The minimum atomic E-state index is -3.78. The van der Waals surface area contributed by atoms with Gasteiger partial charge in [0.15, 0.2) is 0 Å². The maximum Gasteiger partial charge on any atom is 0.267 e. The Morgan fingerprint density at radius 3 is 1.96 bits per heavy atom. The molecular weight excluding hydrogens is 348 g/mol. The lowest BCUT2D eigenvalue weighted by Gasteiger charge is -2.18. The second-order valence-electron chi connectivity index (χ2n) is 5.81. The third-order valence-electron chi connectivity index (χ3n) is 4.16. The zero-order valence-electron chi connectivity index (χ0n) is 13.2. The van der Waals surface area contributed by atoms with Crippen molar-refractivity contribution in [3.8, 4) is 0 Å². The summed E-state index contributed by atoms with van der Waals surface area (Å²) in [5, 5.41) is 0. The van der Waals surface area contributed by atoms with Crippen LogP contribution in [-0.2, 0) is 20.0 Å². The first-order valence-corrected chi connectivity index (χ1v) is 10.8. The molecule has 6 nitrogen and oxygen atoms in total. The van der Waals surface area contributed by atoms with Crippen LogP contribution >= 0.6 is 0 Å². The van der Waals surface area contributed by atoms with E-state index in [0.29, 0.717) is 13.1 Å². The molecule has 1 saturated heterocycles. The standard InChI is InChI=1S/C16H20N2O4S2/c19-23(20,15-8-4-3-5-9-15)18-13-10-16(14-18)24(21,22)17-11-6-1-2-7-12-17/h3-5,8-10,13-14H,1-2,6-7,11-12H2. The molecule has 0 N–H and O–H groups in total. The van der Waals surface area contributed by atoms with Gasteiger partial charge in [-0.25, -0.2) is 20.8 Å². The molecule has 8 heteroatoms. The third-order valence-corrected chi connectivity index (χ3v) is 7.69. The largest absolute Gasteiger partial charge is 0.267 e. The SMILES string of the molecule is O=S(=O)(c1ccn(S(=O)(=O)c2ccccc2)c1)N1CCCCCC1. The van der Waals surface area contributed by atoms with E-state index < -0.39 is 20.0 Å². The summed E-state index contributed by atoms with van der Waals surface area (Å²) in [7, 11) is -7.44. The highest BCUT2D eigenvalue weighted by molar-refractivity contribution is 7.90. The highest BCUT2D eigenvalue weighted by Gasteiger charge is 2.27. The van der Waals surface area contributed by atoms with E-state index in [0.717, 1.165) is 29.7 Å². The molecule has 0 bridgehead atoms. The quantitative estimate of drug-likeness (QED) is 0.830. The lowest BCUT2D eigenvalue weighted by Crippen LogP contribution is -2.31. The van der Waals surface area contributed by atoms with E-state index in [1.165, 1.54) is 34.9 Å². The monoisotopic (exact) mass is 368 g/mol. The molecule has 1 aliphatic rings. The van der Waals surface area contributed by atoms with Crippen molar-refractivity contribution in [2.45, 2.75) is 35.5 Å². The summed E-state index contributed by atoms with van der Waals surface area (Å²) in [6.07, 6.45) is 6.19. The number of aromatic nitrogens is 1. The van der Waals surface area contributed by atoms with Crippen LogP contribution < -0.4 is 0 Å². The van der Waals surface area contributed by atoms with Crippen molar-refractivity contribution in [2.24, 2.45) is 0 Å². The number of nitrogens with zero attached hydrogens (tertiary/aromatic N) is 2. The van der Waals surface area contributed by atoms with Gasteiger partial charge in [-0.05, 0) is 31.0 Å². The Morgan fingerprint density at radius 2 is 1.33 bits per heavy atom. The molecule has 130 valence electrons. The minimum absolute atomic E-state index is 0.0175. The highest BCUT2D eigenvalue weighted by atomic mass is 32.2. The molecule has 3 rings (SSSR count). The first-order chi connectivity index (χ1) is 11.4. The van der Waals surface area contributed by atoms with Crippen LogP contribution in [0.2, 0.25) is 0 Å².